The number of fused-ring (bicyclic) bond motifs is 1. The summed E-state index contributed by atoms with van der Waals surface area (Å²) in [4.78, 5) is -3.40. The first-order valence-corrected chi connectivity index (χ1v) is 24.6. The van der Waals surface area contributed by atoms with Crippen LogP contribution in [0.15, 0.2) is 88.6 Å². The molecule has 0 aliphatic rings. The van der Waals surface area contributed by atoms with E-state index in [0.717, 1.165) is 18.2 Å². The molecule has 0 atom stereocenters. The number of rotatable bonds is 11. The van der Waals surface area contributed by atoms with Gasteiger partial charge in [-0.15, -0.1) is 17.7 Å². The van der Waals surface area contributed by atoms with E-state index >= 15 is 0 Å². The molecule has 28 nitrogen and oxygen atoms in total. The second-order valence-electron chi connectivity index (χ2n) is 10.6. The van der Waals surface area contributed by atoms with Crippen molar-refractivity contribution in [3.8, 4) is 11.5 Å². The van der Waals surface area contributed by atoms with Gasteiger partial charge in [-0.05, 0) is 36.4 Å². The number of nitrogens with one attached hydrogen (secondary N) is 1. The van der Waals surface area contributed by atoms with Crippen LogP contribution in [-0.4, -0.2) is 119 Å². The van der Waals surface area contributed by atoms with E-state index in [-0.39, 0.29) is 187 Å². The van der Waals surface area contributed by atoms with Crippen LogP contribution in [0.5, 0.6) is 11.5 Å². The van der Waals surface area contributed by atoms with Crippen molar-refractivity contribution in [1.82, 2.24) is 0 Å². The van der Waals surface area contributed by atoms with Gasteiger partial charge in [0.25, 0.3) is 0 Å². The zero-order valence-corrected chi connectivity index (χ0v) is 52.1. The van der Waals surface area contributed by atoms with Gasteiger partial charge >= 0.3 is 158 Å². The van der Waals surface area contributed by atoms with E-state index in [0.29, 0.717) is 12.1 Å². The van der Waals surface area contributed by atoms with Crippen LogP contribution < -0.4 is 153 Å². The van der Waals surface area contributed by atoms with Gasteiger partial charge in [-0.1, -0.05) is 28.3 Å². The molecular formula is C27H24CuN5Na5O23S7-2. The van der Waals surface area contributed by atoms with E-state index in [1.54, 1.807) is 0 Å². The maximum Gasteiger partial charge on any atom is 1.00 e. The summed E-state index contributed by atoms with van der Waals surface area (Å²) in [5.74, 6) is -3.13. The van der Waals surface area contributed by atoms with Gasteiger partial charge in [0.1, 0.15) is 31.6 Å². The molecule has 4 rings (SSSR count). The van der Waals surface area contributed by atoms with Crippen molar-refractivity contribution in [3.05, 3.63) is 68.4 Å². The van der Waals surface area contributed by atoms with E-state index in [1.807, 2.05) is 0 Å². The van der Waals surface area contributed by atoms with Crippen molar-refractivity contribution in [2.24, 2.45) is 20.5 Å². The fraction of sp³-hybridized carbons (Fsp3) is 0.111. The number of azo groups is 2. The van der Waals surface area contributed by atoms with E-state index in [9.17, 15) is 53.0 Å². The van der Waals surface area contributed by atoms with Crippen molar-refractivity contribution in [2.75, 3.05) is 23.9 Å². The Morgan fingerprint density at radius 1 is 0.603 bits per heavy atom. The molecule has 355 valence electrons. The first kappa shape index (κ1) is 79.7. The number of phenolic OH excluding ortho intramolecular Hbond substituents is 2. The summed E-state index contributed by atoms with van der Waals surface area (Å²) in [6.45, 7) is 6.51. The Kier molecular flexibility index (Phi) is 39.0. The molecule has 68 heavy (non-hydrogen) atoms. The number of nitrogens with zero attached hydrogens (tertiary/aromatic N) is 4. The molecule has 1 radical (unpaired) electrons. The normalized spacial score (nSPS) is 11.3. The predicted octanol–water partition coefficient (Wildman–Crippen LogP) is -14.0. The summed E-state index contributed by atoms with van der Waals surface area (Å²) < 4.78 is 211. The van der Waals surface area contributed by atoms with E-state index in [2.05, 4.69) is 45.7 Å². The number of hydrogen-bond acceptors (Lipinski definition) is 26. The first-order valence-electron chi connectivity index (χ1n) is 14.8. The van der Waals surface area contributed by atoms with E-state index < -0.39 is 131 Å². The molecule has 0 saturated heterocycles. The minimum absolute atomic E-state index is 0. The maximum atomic E-state index is 12.3. The molecule has 0 fully saturated rings. The molecule has 4 aromatic rings. The Hall–Kier alpha value is 0.339. The first-order chi connectivity index (χ1) is 28.0. The predicted molar refractivity (Wildman–Crippen MR) is 202 cm³/mol. The molecule has 4 aromatic carbocycles. The molecule has 0 bridgehead atoms. The Morgan fingerprint density at radius 3 is 1.43 bits per heavy atom. The quantitative estimate of drug-likeness (QED) is 0.0306. The summed E-state index contributed by atoms with van der Waals surface area (Å²) in [7, 11) is -30.2. The van der Waals surface area contributed by atoms with Crippen molar-refractivity contribution in [2.45, 2.75) is 19.6 Å². The summed E-state index contributed by atoms with van der Waals surface area (Å²) in [6.07, 6.45) is 0. The second-order valence-corrected chi connectivity index (χ2v) is 19.6. The average Bonchev–Trinajstić information content (AvgIpc) is 3.11. The van der Waals surface area contributed by atoms with Gasteiger partial charge in [-0.2, -0.15) is 27.5 Å². The topological polar surface area (TPSA) is 491 Å². The van der Waals surface area contributed by atoms with Crippen LogP contribution in [0.1, 0.15) is 0 Å². The molecule has 0 unspecified atom stereocenters. The van der Waals surface area contributed by atoms with Crippen LogP contribution in [0.4, 0.5) is 28.4 Å². The molecule has 0 aliphatic carbocycles. The maximum absolute atomic E-state index is 12.3. The number of benzene rings is 4. The molecule has 0 aromatic heterocycles. The zero-order valence-electron chi connectivity index (χ0n) is 35.4. The van der Waals surface area contributed by atoms with Gasteiger partial charge in [0.15, 0.2) is 25.4 Å². The Balaban J connectivity index is -0.000000422. The van der Waals surface area contributed by atoms with Gasteiger partial charge in [0.2, 0.25) is 20.8 Å². The van der Waals surface area contributed by atoms with Crippen molar-refractivity contribution < 1.29 is 266 Å². The number of aromatic hydroxyl groups is 2. The van der Waals surface area contributed by atoms with E-state index in [1.165, 1.54) is 25.2 Å². The van der Waals surface area contributed by atoms with Crippen LogP contribution in [0.2, 0.25) is 0 Å². The van der Waals surface area contributed by atoms with Gasteiger partial charge in [0.05, 0.1) is 25.3 Å². The average molecular weight is 1190 g/mol. The summed E-state index contributed by atoms with van der Waals surface area (Å²) in [5.41, 5.74) is -1.36. The van der Waals surface area contributed by atoms with E-state index in [4.69, 9.17) is 47.7 Å². The molecule has 0 amide bonds. The van der Waals surface area contributed by atoms with Gasteiger partial charge in [-0.25, -0.2) is 50.5 Å². The van der Waals surface area contributed by atoms with Gasteiger partial charge < -0.3 is 47.6 Å². The largest absolute Gasteiger partial charge is 1.00 e. The van der Waals surface area contributed by atoms with Crippen LogP contribution in [-0.2, 0) is 88.4 Å². The van der Waals surface area contributed by atoms with Gasteiger partial charge in [0, 0.05) is 41.2 Å². The number of hydrogen-bond donors (Lipinski definition) is 5. The summed E-state index contributed by atoms with van der Waals surface area (Å²) in [6, 6.07) is 10.5. The van der Waals surface area contributed by atoms with Crippen molar-refractivity contribution in [3.63, 3.8) is 0 Å². The fourth-order valence-corrected chi connectivity index (χ4v) is 7.14. The molecule has 0 spiro atoms. The van der Waals surface area contributed by atoms with Crippen LogP contribution in [0.3, 0.4) is 0 Å². The SMILES string of the molecule is O=S(=O)([O-])O.O=S(=O)([O-])O.O=S(=O)=O.[CH2-]CS(=O)(=O)c1ccc(N=Nc2c(NC)ccc3c(O)c(N=Nc4cc(S(=O)(=O)C[CH2-])cc(S(=O)(=O)[O-])c4O)[c-]cc23)c(S(=O)(=O)[O-])c1.[Cu].[Na+].[Na+].[Na+].[Na+].[Na+]. The molecule has 0 heterocycles. The van der Waals surface area contributed by atoms with Crippen molar-refractivity contribution >= 4 is 111 Å². The molecule has 0 aliphatic heterocycles. The molecule has 0 saturated carbocycles. The summed E-state index contributed by atoms with van der Waals surface area (Å²) in [5, 5.41) is 39.6. The summed E-state index contributed by atoms with van der Waals surface area (Å²) >= 11 is 0. The van der Waals surface area contributed by atoms with Crippen LogP contribution in [0.25, 0.3) is 10.8 Å². The molecular weight excluding hydrogens is 1170 g/mol. The number of sulfone groups is 2. The Labute approximate surface area is 511 Å². The van der Waals surface area contributed by atoms with Crippen LogP contribution in [0, 0.1) is 19.9 Å². The second kappa shape index (κ2) is 33.3. The number of phenols is 2. The zero-order chi connectivity index (χ0) is 48.4. The van der Waals surface area contributed by atoms with Crippen LogP contribution >= 0.6 is 0 Å². The third-order valence-corrected chi connectivity index (χ3v) is 11.3. The standard InChI is InChI=1S/C27H24N5O12S4.Cu.5Na.2H2O4S.O3S/c1-4-45(35,36)15-6-9-19(23(13-15)47(39,40)41)29-32-25-17-7-11-21(26(33)18(17)8-10-20(25)28-3)30-31-22-12-16(46(37,38)5-2)14-24(27(22)34)48(42,43)44;;;;;;;2*1-5(2,3)4;1-4(2)3/h6-10,12-14,28,33-34H,1-2,4-5H2,3H3,(H,39,40,41)(H,42,43,44);;;;;;;2*(H2,1,2,3,4);/q-3;;5*+1;;;/p-4. The smallest absolute Gasteiger partial charge is 0.744 e. The van der Waals surface area contributed by atoms with Crippen molar-refractivity contribution in [1.29, 1.82) is 0 Å². The fourth-order valence-electron chi connectivity index (χ4n) is 4.11. The Morgan fingerprint density at radius 2 is 1.01 bits per heavy atom. The minimum Gasteiger partial charge on any atom is -0.744 e. The van der Waals surface area contributed by atoms with Gasteiger partial charge in [-0.3, -0.25) is 9.11 Å². The monoisotopic (exact) mass is 1190 g/mol. The molecule has 41 heteroatoms. The third-order valence-electron chi connectivity index (χ3n) is 6.59. The number of anilines is 1. The third kappa shape index (κ3) is 27.6. The minimum atomic E-state index is -5.37. The molecule has 5 N–H and O–H groups in total. The Bertz CT molecular complexity index is 3190.